The number of Topliss-reactive ketones (excluding diaryl/α,β-unsaturated/α-hetero) is 1. The van der Waals surface area contributed by atoms with E-state index < -0.39 is 0 Å². The molecule has 0 aromatic rings. The molecule has 0 aromatic carbocycles. The van der Waals surface area contributed by atoms with Gasteiger partial charge < -0.3 is 5.32 Å². The first-order valence-corrected chi connectivity index (χ1v) is 4.93. The van der Waals surface area contributed by atoms with Crippen molar-refractivity contribution in [2.24, 2.45) is 5.92 Å². The minimum atomic E-state index is 0.0741. The summed E-state index contributed by atoms with van der Waals surface area (Å²) in [4.78, 5) is 11.4. The molecule has 0 saturated heterocycles. The summed E-state index contributed by atoms with van der Waals surface area (Å²) in [5.41, 5.74) is 0. The number of nitrogens with one attached hydrogen (secondary N) is 1. The van der Waals surface area contributed by atoms with Crippen molar-refractivity contribution in [1.29, 1.82) is 0 Å². The average Bonchev–Trinajstić information content (AvgIpc) is 2.11. The predicted octanol–water partition coefficient (Wildman–Crippen LogP) is 1.99. The van der Waals surface area contributed by atoms with E-state index in [0.717, 1.165) is 13.0 Å². The zero-order chi connectivity index (χ0) is 9.56. The minimum absolute atomic E-state index is 0.0741. The predicted molar refractivity (Wildman–Crippen MR) is 52.2 cm³/mol. The van der Waals surface area contributed by atoms with Crippen molar-refractivity contribution in [1.82, 2.24) is 5.32 Å². The molecule has 0 radical (unpaired) electrons. The number of likely N-dealkylation sites (N-methyl/N-ethyl adjacent to an activating group) is 1. The van der Waals surface area contributed by atoms with Gasteiger partial charge in [-0.05, 0) is 12.5 Å². The molecular formula is C10H21NO. The summed E-state index contributed by atoms with van der Waals surface area (Å²) in [5, 5.41) is 3.23. The van der Waals surface area contributed by atoms with Gasteiger partial charge in [0.2, 0.25) is 0 Å². The Balaban J connectivity index is 4.11. The van der Waals surface area contributed by atoms with Gasteiger partial charge in [0, 0.05) is 6.42 Å². The zero-order valence-corrected chi connectivity index (χ0v) is 8.68. The molecule has 0 bridgehead atoms. The van der Waals surface area contributed by atoms with E-state index in [1.807, 2.05) is 13.8 Å². The lowest BCUT2D eigenvalue weighted by Crippen LogP contribution is -2.41. The fraction of sp³-hybridized carbons (Fsp3) is 0.900. The molecule has 0 heterocycles. The molecule has 0 aliphatic carbocycles. The van der Waals surface area contributed by atoms with Gasteiger partial charge in [0.15, 0.2) is 0 Å². The quantitative estimate of drug-likeness (QED) is 0.662. The van der Waals surface area contributed by atoms with Gasteiger partial charge in [0.05, 0.1) is 6.04 Å². The third kappa shape index (κ3) is 3.35. The molecule has 2 atom stereocenters. The van der Waals surface area contributed by atoms with Crippen molar-refractivity contribution in [3.8, 4) is 0 Å². The number of carbonyl (C=O) groups is 1. The van der Waals surface area contributed by atoms with Crippen LogP contribution >= 0.6 is 0 Å². The van der Waals surface area contributed by atoms with Crippen molar-refractivity contribution in [2.45, 2.75) is 46.6 Å². The Bertz CT molecular complexity index is 134. The Morgan fingerprint density at radius 1 is 1.33 bits per heavy atom. The Morgan fingerprint density at radius 2 is 1.92 bits per heavy atom. The number of hydrogen-bond acceptors (Lipinski definition) is 2. The van der Waals surface area contributed by atoms with E-state index in [1.165, 1.54) is 0 Å². The van der Waals surface area contributed by atoms with Crippen LogP contribution in [0.15, 0.2) is 0 Å². The van der Waals surface area contributed by atoms with Crippen molar-refractivity contribution in [2.75, 3.05) is 6.54 Å². The lowest BCUT2D eigenvalue weighted by atomic mass is 9.94. The van der Waals surface area contributed by atoms with Crippen LogP contribution in [0.4, 0.5) is 0 Å². The molecule has 0 rings (SSSR count). The Kier molecular flexibility index (Phi) is 5.99. The SMILES string of the molecule is CCNC(C(=O)CC)[C@@H](C)CC. The topological polar surface area (TPSA) is 29.1 Å². The Morgan fingerprint density at radius 3 is 2.25 bits per heavy atom. The molecule has 0 aliphatic rings. The molecule has 2 heteroatoms. The van der Waals surface area contributed by atoms with Gasteiger partial charge in [-0.1, -0.05) is 34.1 Å². The third-order valence-electron chi connectivity index (χ3n) is 2.33. The van der Waals surface area contributed by atoms with Crippen LogP contribution in [0.25, 0.3) is 0 Å². The molecule has 0 aliphatic heterocycles. The van der Waals surface area contributed by atoms with Gasteiger partial charge in [0.25, 0.3) is 0 Å². The van der Waals surface area contributed by atoms with Crippen molar-refractivity contribution in [3.63, 3.8) is 0 Å². The monoisotopic (exact) mass is 171 g/mol. The van der Waals surface area contributed by atoms with E-state index in [9.17, 15) is 4.79 Å². The van der Waals surface area contributed by atoms with Gasteiger partial charge >= 0.3 is 0 Å². The van der Waals surface area contributed by atoms with Crippen LogP contribution in [0.1, 0.15) is 40.5 Å². The van der Waals surface area contributed by atoms with Gasteiger partial charge in [-0.25, -0.2) is 0 Å². The molecule has 2 nitrogen and oxygen atoms in total. The number of carbonyl (C=O) groups excluding carboxylic acids is 1. The molecule has 0 amide bonds. The summed E-state index contributed by atoms with van der Waals surface area (Å²) in [6.07, 6.45) is 1.70. The van der Waals surface area contributed by atoms with Gasteiger partial charge in [-0.15, -0.1) is 0 Å². The molecule has 0 aromatic heterocycles. The van der Waals surface area contributed by atoms with E-state index in [4.69, 9.17) is 0 Å². The summed E-state index contributed by atoms with van der Waals surface area (Å²) >= 11 is 0. The molecule has 12 heavy (non-hydrogen) atoms. The summed E-state index contributed by atoms with van der Waals surface area (Å²) in [5.74, 6) is 0.795. The molecule has 72 valence electrons. The van der Waals surface area contributed by atoms with E-state index in [0.29, 0.717) is 18.1 Å². The minimum Gasteiger partial charge on any atom is -0.308 e. The van der Waals surface area contributed by atoms with Crippen molar-refractivity contribution >= 4 is 5.78 Å². The maximum Gasteiger partial charge on any atom is 0.149 e. The maximum absolute atomic E-state index is 11.4. The fourth-order valence-corrected chi connectivity index (χ4v) is 1.31. The lowest BCUT2D eigenvalue weighted by Gasteiger charge is -2.21. The molecular weight excluding hydrogens is 150 g/mol. The summed E-state index contributed by atoms with van der Waals surface area (Å²) in [7, 11) is 0. The van der Waals surface area contributed by atoms with Crippen LogP contribution in [0.3, 0.4) is 0 Å². The van der Waals surface area contributed by atoms with Crippen LogP contribution in [-0.2, 0) is 4.79 Å². The van der Waals surface area contributed by atoms with E-state index in [1.54, 1.807) is 0 Å². The lowest BCUT2D eigenvalue weighted by molar-refractivity contribution is -0.121. The summed E-state index contributed by atoms with van der Waals surface area (Å²) in [6, 6.07) is 0.0741. The largest absolute Gasteiger partial charge is 0.308 e. The second-order valence-corrected chi connectivity index (χ2v) is 3.24. The van der Waals surface area contributed by atoms with E-state index in [-0.39, 0.29) is 6.04 Å². The molecule has 1 N–H and O–H groups in total. The van der Waals surface area contributed by atoms with Crippen LogP contribution in [0, 0.1) is 5.92 Å². The number of hydrogen-bond donors (Lipinski definition) is 1. The normalized spacial score (nSPS) is 15.7. The van der Waals surface area contributed by atoms with Crippen LogP contribution < -0.4 is 5.32 Å². The molecule has 0 fully saturated rings. The highest BCUT2D eigenvalue weighted by Gasteiger charge is 2.20. The first-order valence-electron chi connectivity index (χ1n) is 4.93. The van der Waals surface area contributed by atoms with Crippen LogP contribution in [0.5, 0.6) is 0 Å². The highest BCUT2D eigenvalue weighted by atomic mass is 16.1. The maximum atomic E-state index is 11.4. The van der Waals surface area contributed by atoms with Gasteiger partial charge in [0.1, 0.15) is 5.78 Å². The van der Waals surface area contributed by atoms with E-state index in [2.05, 4.69) is 19.2 Å². The fourth-order valence-electron chi connectivity index (χ4n) is 1.31. The van der Waals surface area contributed by atoms with Gasteiger partial charge in [-0.2, -0.15) is 0 Å². The number of ketones is 1. The van der Waals surface area contributed by atoms with Crippen molar-refractivity contribution in [3.05, 3.63) is 0 Å². The first kappa shape index (κ1) is 11.6. The van der Waals surface area contributed by atoms with Gasteiger partial charge in [-0.3, -0.25) is 4.79 Å². The molecule has 1 unspecified atom stereocenters. The number of rotatable bonds is 6. The van der Waals surface area contributed by atoms with Crippen LogP contribution in [0.2, 0.25) is 0 Å². The summed E-state index contributed by atoms with van der Waals surface area (Å²) in [6.45, 7) is 9.09. The summed E-state index contributed by atoms with van der Waals surface area (Å²) < 4.78 is 0. The van der Waals surface area contributed by atoms with Crippen molar-refractivity contribution < 1.29 is 4.79 Å². The highest BCUT2D eigenvalue weighted by Crippen LogP contribution is 2.09. The second-order valence-electron chi connectivity index (χ2n) is 3.24. The second kappa shape index (κ2) is 6.18. The smallest absolute Gasteiger partial charge is 0.149 e. The highest BCUT2D eigenvalue weighted by molar-refractivity contribution is 5.83. The standard InChI is InChI=1S/C10H21NO/c1-5-8(4)10(11-7-3)9(12)6-2/h8,10-11H,5-7H2,1-4H3/t8-,10?/m0/s1. The zero-order valence-electron chi connectivity index (χ0n) is 8.68. The average molecular weight is 171 g/mol. The van der Waals surface area contributed by atoms with E-state index >= 15 is 0 Å². The Hall–Kier alpha value is -0.370. The third-order valence-corrected chi connectivity index (χ3v) is 2.33. The first-order chi connectivity index (χ1) is 5.67. The molecule has 0 spiro atoms. The molecule has 0 saturated carbocycles. The van der Waals surface area contributed by atoms with Crippen LogP contribution in [-0.4, -0.2) is 18.4 Å². The Labute approximate surface area is 75.7 Å².